The van der Waals surface area contributed by atoms with Crippen LogP contribution in [-0.2, 0) is 12.4 Å². The molecule has 0 radical (unpaired) electrons. The predicted molar refractivity (Wildman–Crippen MR) is 140 cm³/mol. The summed E-state index contributed by atoms with van der Waals surface area (Å²) >= 11 is 0. The van der Waals surface area contributed by atoms with Gasteiger partial charge in [0.25, 0.3) is 5.91 Å². The summed E-state index contributed by atoms with van der Waals surface area (Å²) in [7, 11) is 0. The van der Waals surface area contributed by atoms with Crippen LogP contribution in [0, 0.1) is 0 Å². The van der Waals surface area contributed by atoms with Crippen LogP contribution in [0.1, 0.15) is 53.6 Å². The van der Waals surface area contributed by atoms with E-state index in [1.165, 1.54) is 11.3 Å². The highest BCUT2D eigenvalue weighted by molar-refractivity contribution is 5.97. The molecule has 3 fully saturated rings. The molecule has 3 aliphatic heterocycles. The SMILES string of the molecule is O=C(c1cc(C(F)(F)F)cc(C(F)(F)F)c1)N1CCC2(CC1)CN(CCN1CCCCC1)C(=O)N2c1ccccc1. The molecule has 222 valence electrons. The first-order valence-electron chi connectivity index (χ1n) is 13.8. The Kier molecular flexibility index (Phi) is 7.97. The van der Waals surface area contributed by atoms with E-state index in [0.717, 1.165) is 32.5 Å². The lowest BCUT2D eigenvalue weighted by atomic mass is 9.86. The summed E-state index contributed by atoms with van der Waals surface area (Å²) in [5.74, 6) is -0.894. The number of carbonyl (C=O) groups is 2. The molecule has 0 aromatic heterocycles. The van der Waals surface area contributed by atoms with Crippen molar-refractivity contribution in [3.8, 4) is 0 Å². The van der Waals surface area contributed by atoms with Crippen molar-refractivity contribution in [3.05, 3.63) is 65.2 Å². The van der Waals surface area contributed by atoms with Gasteiger partial charge in [-0.2, -0.15) is 26.3 Å². The minimum absolute atomic E-state index is 0.0162. The lowest BCUT2D eigenvalue weighted by molar-refractivity contribution is -0.143. The van der Waals surface area contributed by atoms with E-state index in [9.17, 15) is 35.9 Å². The quantitative estimate of drug-likeness (QED) is 0.399. The van der Waals surface area contributed by atoms with Gasteiger partial charge in [-0.1, -0.05) is 24.6 Å². The smallest absolute Gasteiger partial charge is 0.338 e. The summed E-state index contributed by atoms with van der Waals surface area (Å²) in [6.07, 6.45) is -5.93. The van der Waals surface area contributed by atoms with E-state index < -0.39 is 40.5 Å². The second-order valence-corrected chi connectivity index (χ2v) is 11.1. The lowest BCUT2D eigenvalue weighted by Crippen LogP contribution is -2.55. The number of anilines is 1. The molecule has 12 heteroatoms. The molecule has 0 saturated carbocycles. The topological polar surface area (TPSA) is 47.1 Å². The summed E-state index contributed by atoms with van der Waals surface area (Å²) in [5, 5.41) is 0. The fourth-order valence-electron chi connectivity index (χ4n) is 6.19. The number of carbonyl (C=O) groups excluding carboxylic acids is 2. The molecule has 0 N–H and O–H groups in total. The third kappa shape index (κ3) is 6.17. The van der Waals surface area contributed by atoms with Crippen molar-refractivity contribution in [2.45, 2.75) is 50.0 Å². The highest BCUT2D eigenvalue weighted by atomic mass is 19.4. The second-order valence-electron chi connectivity index (χ2n) is 11.1. The minimum atomic E-state index is -5.04. The minimum Gasteiger partial charge on any atom is -0.338 e. The van der Waals surface area contributed by atoms with Gasteiger partial charge in [0, 0.05) is 44.0 Å². The second kappa shape index (κ2) is 11.2. The van der Waals surface area contributed by atoms with Crippen molar-refractivity contribution >= 4 is 17.6 Å². The van der Waals surface area contributed by atoms with Crippen LogP contribution in [0.25, 0.3) is 0 Å². The molecule has 2 aromatic carbocycles. The molecular formula is C29H32F6N4O2. The number of halogens is 6. The molecule has 0 unspecified atom stereocenters. The van der Waals surface area contributed by atoms with Gasteiger partial charge in [0.2, 0.25) is 0 Å². The van der Waals surface area contributed by atoms with Gasteiger partial charge in [0.1, 0.15) is 0 Å². The van der Waals surface area contributed by atoms with Gasteiger partial charge in [0.05, 0.1) is 16.7 Å². The first-order valence-corrected chi connectivity index (χ1v) is 13.8. The van der Waals surface area contributed by atoms with Crippen molar-refractivity contribution in [2.75, 3.05) is 50.7 Å². The first kappa shape index (κ1) is 29.2. The van der Waals surface area contributed by atoms with Crippen molar-refractivity contribution in [3.63, 3.8) is 0 Å². The number of para-hydroxylation sites is 1. The predicted octanol–water partition coefficient (Wildman–Crippen LogP) is 6.13. The van der Waals surface area contributed by atoms with Crippen LogP contribution in [0.15, 0.2) is 48.5 Å². The molecule has 3 heterocycles. The average Bonchev–Trinajstić information content (AvgIpc) is 3.22. The van der Waals surface area contributed by atoms with Gasteiger partial charge >= 0.3 is 18.4 Å². The van der Waals surface area contributed by atoms with E-state index in [0.29, 0.717) is 43.8 Å². The molecule has 3 aliphatic rings. The third-order valence-corrected chi connectivity index (χ3v) is 8.39. The molecule has 0 aliphatic carbocycles. The summed E-state index contributed by atoms with van der Waals surface area (Å²) in [4.78, 5) is 34.1. The lowest BCUT2D eigenvalue weighted by Gasteiger charge is -2.43. The number of likely N-dealkylation sites (tertiary alicyclic amines) is 2. The normalized spacial score (nSPS) is 20.2. The molecule has 41 heavy (non-hydrogen) atoms. The van der Waals surface area contributed by atoms with E-state index in [2.05, 4.69) is 4.90 Å². The van der Waals surface area contributed by atoms with Gasteiger partial charge in [-0.25, -0.2) is 4.79 Å². The summed E-state index contributed by atoms with van der Waals surface area (Å²) < 4.78 is 80.2. The van der Waals surface area contributed by atoms with Crippen LogP contribution in [0.5, 0.6) is 0 Å². The Morgan fingerprint density at radius 2 is 1.37 bits per heavy atom. The van der Waals surface area contributed by atoms with E-state index in [4.69, 9.17) is 0 Å². The maximum Gasteiger partial charge on any atom is 0.416 e. The zero-order valence-electron chi connectivity index (χ0n) is 22.5. The highest BCUT2D eigenvalue weighted by Crippen LogP contribution is 2.41. The fourth-order valence-corrected chi connectivity index (χ4v) is 6.19. The third-order valence-electron chi connectivity index (χ3n) is 8.39. The zero-order chi connectivity index (χ0) is 29.4. The van der Waals surface area contributed by atoms with E-state index >= 15 is 0 Å². The summed E-state index contributed by atoms with van der Waals surface area (Å²) in [5.41, 5.74) is -3.64. The first-order chi connectivity index (χ1) is 19.4. The van der Waals surface area contributed by atoms with Gasteiger partial charge in [0.15, 0.2) is 0 Å². The molecule has 1 spiro atoms. The Balaban J connectivity index is 1.35. The summed E-state index contributed by atoms with van der Waals surface area (Å²) in [6.45, 7) is 3.91. The van der Waals surface area contributed by atoms with E-state index in [-0.39, 0.29) is 25.2 Å². The van der Waals surface area contributed by atoms with Crippen LogP contribution in [-0.4, -0.2) is 78.0 Å². The van der Waals surface area contributed by atoms with Gasteiger partial charge in [-0.15, -0.1) is 0 Å². The zero-order valence-corrected chi connectivity index (χ0v) is 22.5. The average molecular weight is 583 g/mol. The molecule has 2 aromatic rings. The highest BCUT2D eigenvalue weighted by Gasteiger charge is 2.52. The number of rotatable bonds is 5. The number of benzene rings is 2. The molecular weight excluding hydrogens is 550 g/mol. The number of nitrogens with zero attached hydrogens (tertiary/aromatic N) is 4. The van der Waals surface area contributed by atoms with Crippen molar-refractivity contribution in [1.29, 1.82) is 0 Å². The monoisotopic (exact) mass is 582 g/mol. The standard InChI is InChI=1S/C29H32F6N4O2/c30-28(31,32)22-17-21(18-23(19-22)29(33,34)35)25(40)37-13-9-27(10-14-37)20-38(16-15-36-11-5-2-6-12-36)26(41)39(27)24-7-3-1-4-8-24/h1,3-4,7-8,17-19H,2,5-6,9-16,20H2. The Bertz CT molecular complexity index is 1220. The Morgan fingerprint density at radius 3 is 1.93 bits per heavy atom. The van der Waals surface area contributed by atoms with Crippen LogP contribution < -0.4 is 4.90 Å². The summed E-state index contributed by atoms with van der Waals surface area (Å²) in [6, 6.07) is 10.0. The van der Waals surface area contributed by atoms with Crippen LogP contribution in [0.3, 0.4) is 0 Å². The van der Waals surface area contributed by atoms with E-state index in [1.54, 1.807) is 4.90 Å². The number of hydrogen-bond acceptors (Lipinski definition) is 3. The largest absolute Gasteiger partial charge is 0.416 e. The molecule has 3 saturated heterocycles. The van der Waals surface area contributed by atoms with E-state index in [1.807, 2.05) is 35.2 Å². The number of piperidine rings is 2. The van der Waals surface area contributed by atoms with Crippen LogP contribution >= 0.6 is 0 Å². The van der Waals surface area contributed by atoms with Gasteiger partial charge in [-0.3, -0.25) is 9.69 Å². The Morgan fingerprint density at radius 1 is 0.780 bits per heavy atom. The fraction of sp³-hybridized carbons (Fsp3) is 0.517. The molecule has 0 bridgehead atoms. The van der Waals surface area contributed by atoms with Crippen molar-refractivity contribution in [1.82, 2.24) is 14.7 Å². The van der Waals surface area contributed by atoms with Gasteiger partial charge < -0.3 is 14.7 Å². The van der Waals surface area contributed by atoms with Crippen molar-refractivity contribution in [2.24, 2.45) is 0 Å². The van der Waals surface area contributed by atoms with Crippen molar-refractivity contribution < 1.29 is 35.9 Å². The molecule has 5 rings (SSSR count). The number of alkyl halides is 6. The Hall–Kier alpha value is -3.28. The molecule has 0 atom stereocenters. The molecule has 3 amide bonds. The van der Waals surface area contributed by atoms with Gasteiger partial charge in [-0.05, 0) is 69.1 Å². The Labute approximate surface area is 234 Å². The maximum absolute atomic E-state index is 13.7. The van der Waals surface area contributed by atoms with Crippen LogP contribution in [0.2, 0.25) is 0 Å². The molecule has 6 nitrogen and oxygen atoms in total. The number of urea groups is 1. The number of amides is 3. The maximum atomic E-state index is 13.7. The number of hydrogen-bond donors (Lipinski definition) is 0. The van der Waals surface area contributed by atoms with Crippen LogP contribution in [0.4, 0.5) is 36.8 Å².